The van der Waals surface area contributed by atoms with Crippen molar-refractivity contribution in [3.63, 3.8) is 0 Å². The van der Waals surface area contributed by atoms with Crippen molar-refractivity contribution >= 4 is 5.97 Å². The predicted octanol–water partition coefficient (Wildman–Crippen LogP) is 2.90. The van der Waals surface area contributed by atoms with Crippen LogP contribution in [0.3, 0.4) is 0 Å². The Hall–Kier alpha value is -1.55. The highest BCUT2D eigenvalue weighted by Gasteiger charge is 2.20. The maximum Gasteiger partial charge on any atom is 0.307 e. The maximum absolute atomic E-state index is 11.6. The van der Waals surface area contributed by atoms with Crippen molar-refractivity contribution in [2.45, 2.75) is 45.7 Å². The largest absolute Gasteiger partial charge is 0.496 e. The average molecular weight is 293 g/mol. The van der Waals surface area contributed by atoms with Gasteiger partial charge in [-0.2, -0.15) is 0 Å². The maximum atomic E-state index is 11.6. The Morgan fingerprint density at radius 3 is 2.52 bits per heavy atom. The van der Waals surface area contributed by atoms with E-state index in [2.05, 4.69) is 24.8 Å². The molecule has 0 aromatic heterocycles. The quantitative estimate of drug-likeness (QED) is 0.691. The Labute approximate surface area is 128 Å². The number of methoxy groups -OCH3 is 1. The van der Waals surface area contributed by atoms with Crippen LogP contribution in [0.1, 0.15) is 32.8 Å². The molecule has 0 amide bonds. The van der Waals surface area contributed by atoms with Crippen LogP contribution in [0.4, 0.5) is 0 Å². The van der Waals surface area contributed by atoms with Crippen LogP contribution in [0.25, 0.3) is 0 Å². The molecule has 0 bridgehead atoms. The van der Waals surface area contributed by atoms with Crippen molar-refractivity contribution in [2.24, 2.45) is 0 Å². The molecule has 4 nitrogen and oxygen atoms in total. The van der Waals surface area contributed by atoms with E-state index >= 15 is 0 Å². The van der Waals surface area contributed by atoms with Gasteiger partial charge in [-0.15, -0.1) is 0 Å². The normalized spacial score (nSPS) is 13.8. The third-order valence-corrected chi connectivity index (χ3v) is 3.87. The standard InChI is InChI=1S/C17H27NO3/c1-6-21-17(19)12-14(3)18(4)13(2)11-15-9-7-8-10-16(15)20-5/h7-10,13-14H,6,11-12H2,1-5H3. The number of ether oxygens (including phenoxy) is 2. The van der Waals surface area contributed by atoms with Crippen molar-refractivity contribution in [3.8, 4) is 5.75 Å². The number of carbonyl (C=O) groups excluding carboxylic acids is 1. The molecule has 118 valence electrons. The van der Waals surface area contributed by atoms with Crippen LogP contribution < -0.4 is 4.74 Å². The molecule has 0 N–H and O–H groups in total. The van der Waals surface area contributed by atoms with Crippen molar-refractivity contribution in [1.82, 2.24) is 4.90 Å². The minimum absolute atomic E-state index is 0.138. The van der Waals surface area contributed by atoms with Gasteiger partial charge in [0, 0.05) is 12.1 Å². The molecule has 0 radical (unpaired) electrons. The molecular weight excluding hydrogens is 266 g/mol. The predicted molar refractivity (Wildman–Crippen MR) is 84.6 cm³/mol. The van der Waals surface area contributed by atoms with Gasteiger partial charge in [0.15, 0.2) is 0 Å². The molecule has 2 atom stereocenters. The second-order valence-electron chi connectivity index (χ2n) is 5.39. The van der Waals surface area contributed by atoms with Gasteiger partial charge in [-0.1, -0.05) is 18.2 Å². The van der Waals surface area contributed by atoms with Gasteiger partial charge in [-0.3, -0.25) is 4.79 Å². The Bertz CT molecular complexity index is 447. The van der Waals surface area contributed by atoms with Crippen LogP contribution in [0, 0.1) is 0 Å². The Morgan fingerprint density at radius 2 is 1.90 bits per heavy atom. The molecule has 2 unspecified atom stereocenters. The Balaban J connectivity index is 2.61. The first-order chi connectivity index (χ1) is 9.99. The molecule has 0 saturated carbocycles. The first-order valence-electron chi connectivity index (χ1n) is 7.49. The third kappa shape index (κ3) is 5.38. The summed E-state index contributed by atoms with van der Waals surface area (Å²) in [6.07, 6.45) is 1.30. The molecule has 0 aliphatic rings. The second kappa shape index (κ2) is 8.67. The van der Waals surface area contributed by atoms with E-state index in [1.54, 1.807) is 7.11 Å². The summed E-state index contributed by atoms with van der Waals surface area (Å²) in [5.74, 6) is 0.775. The number of rotatable bonds is 8. The number of likely N-dealkylation sites (N-methyl/N-ethyl adjacent to an activating group) is 1. The van der Waals surface area contributed by atoms with Gasteiger partial charge in [0.1, 0.15) is 5.75 Å². The number of carbonyl (C=O) groups is 1. The summed E-state index contributed by atoms with van der Waals surface area (Å²) in [7, 11) is 3.74. The number of esters is 1. The fraction of sp³-hybridized carbons (Fsp3) is 0.588. The zero-order valence-electron chi connectivity index (χ0n) is 13.8. The molecule has 0 saturated heterocycles. The van der Waals surface area contributed by atoms with Gasteiger partial charge in [0.25, 0.3) is 0 Å². The van der Waals surface area contributed by atoms with Crippen LogP contribution in [-0.2, 0) is 16.0 Å². The molecule has 1 aromatic carbocycles. The van der Waals surface area contributed by atoms with Gasteiger partial charge < -0.3 is 14.4 Å². The highest BCUT2D eigenvalue weighted by atomic mass is 16.5. The zero-order chi connectivity index (χ0) is 15.8. The molecule has 1 aromatic rings. The monoisotopic (exact) mass is 293 g/mol. The molecule has 0 fully saturated rings. The molecule has 1 rings (SSSR count). The molecule has 0 heterocycles. The molecule has 21 heavy (non-hydrogen) atoms. The van der Waals surface area contributed by atoms with Crippen LogP contribution >= 0.6 is 0 Å². The van der Waals surface area contributed by atoms with Crippen molar-refractivity contribution in [2.75, 3.05) is 20.8 Å². The Kier molecular flexibility index (Phi) is 7.23. The molecule has 0 aliphatic carbocycles. The highest BCUT2D eigenvalue weighted by Crippen LogP contribution is 2.21. The van der Waals surface area contributed by atoms with Crippen LogP contribution in [0.2, 0.25) is 0 Å². The van der Waals surface area contributed by atoms with E-state index in [9.17, 15) is 4.79 Å². The number of nitrogens with zero attached hydrogens (tertiary/aromatic N) is 1. The van der Waals surface area contributed by atoms with Gasteiger partial charge in [-0.05, 0) is 45.9 Å². The summed E-state index contributed by atoms with van der Waals surface area (Å²) in [6.45, 7) is 6.48. The number of para-hydroxylation sites is 1. The molecular formula is C17H27NO3. The first kappa shape index (κ1) is 17.5. The smallest absolute Gasteiger partial charge is 0.307 e. The van der Waals surface area contributed by atoms with E-state index in [4.69, 9.17) is 9.47 Å². The lowest BCUT2D eigenvalue weighted by molar-refractivity contribution is -0.144. The number of hydrogen-bond acceptors (Lipinski definition) is 4. The molecule has 4 heteroatoms. The third-order valence-electron chi connectivity index (χ3n) is 3.87. The zero-order valence-corrected chi connectivity index (χ0v) is 13.8. The average Bonchev–Trinajstić information content (AvgIpc) is 2.47. The minimum Gasteiger partial charge on any atom is -0.496 e. The fourth-order valence-electron chi connectivity index (χ4n) is 2.37. The minimum atomic E-state index is -0.138. The van der Waals surface area contributed by atoms with Crippen molar-refractivity contribution < 1.29 is 14.3 Å². The van der Waals surface area contributed by atoms with E-state index in [0.29, 0.717) is 19.1 Å². The fourth-order valence-corrected chi connectivity index (χ4v) is 2.37. The summed E-state index contributed by atoms with van der Waals surface area (Å²) in [5.41, 5.74) is 1.18. The van der Waals surface area contributed by atoms with Crippen LogP contribution in [0.5, 0.6) is 5.75 Å². The molecule has 0 aliphatic heterocycles. The lowest BCUT2D eigenvalue weighted by Gasteiger charge is -2.30. The van der Waals surface area contributed by atoms with Gasteiger partial charge in [-0.25, -0.2) is 0 Å². The summed E-state index contributed by atoms with van der Waals surface area (Å²) in [5, 5.41) is 0. The Morgan fingerprint density at radius 1 is 1.24 bits per heavy atom. The number of hydrogen-bond donors (Lipinski definition) is 0. The van der Waals surface area contributed by atoms with Crippen molar-refractivity contribution in [1.29, 1.82) is 0 Å². The van der Waals surface area contributed by atoms with Gasteiger partial charge in [0.2, 0.25) is 0 Å². The summed E-state index contributed by atoms with van der Waals surface area (Å²) >= 11 is 0. The summed E-state index contributed by atoms with van der Waals surface area (Å²) < 4.78 is 10.4. The van der Waals surface area contributed by atoms with E-state index in [0.717, 1.165) is 12.2 Å². The van der Waals surface area contributed by atoms with E-state index < -0.39 is 0 Å². The van der Waals surface area contributed by atoms with E-state index in [-0.39, 0.29) is 12.0 Å². The first-order valence-corrected chi connectivity index (χ1v) is 7.49. The van der Waals surface area contributed by atoms with E-state index in [1.165, 1.54) is 5.56 Å². The topological polar surface area (TPSA) is 38.8 Å². The van der Waals surface area contributed by atoms with E-state index in [1.807, 2.05) is 32.2 Å². The SMILES string of the molecule is CCOC(=O)CC(C)N(C)C(C)Cc1ccccc1OC. The summed E-state index contributed by atoms with van der Waals surface area (Å²) in [6, 6.07) is 8.51. The molecule has 0 spiro atoms. The lowest BCUT2D eigenvalue weighted by atomic mass is 10.0. The van der Waals surface area contributed by atoms with Gasteiger partial charge in [0.05, 0.1) is 20.1 Å². The summed E-state index contributed by atoms with van der Waals surface area (Å²) in [4.78, 5) is 13.8. The number of benzene rings is 1. The van der Waals surface area contributed by atoms with Gasteiger partial charge >= 0.3 is 5.97 Å². The second-order valence-corrected chi connectivity index (χ2v) is 5.39. The van der Waals surface area contributed by atoms with Crippen molar-refractivity contribution in [3.05, 3.63) is 29.8 Å². The van der Waals surface area contributed by atoms with Crippen LogP contribution in [0.15, 0.2) is 24.3 Å². The lowest BCUT2D eigenvalue weighted by Crippen LogP contribution is -2.39. The van der Waals surface area contributed by atoms with Crippen LogP contribution in [-0.4, -0.2) is 43.7 Å². The highest BCUT2D eigenvalue weighted by molar-refractivity contribution is 5.70.